The van der Waals surface area contributed by atoms with Crippen LogP contribution in [0.3, 0.4) is 0 Å². The van der Waals surface area contributed by atoms with Gasteiger partial charge in [0.15, 0.2) is 0 Å². The number of halogens is 1. The minimum absolute atomic E-state index is 0.0108. The highest BCUT2D eigenvalue weighted by atomic mass is 79.9. The molecule has 3 rings (SSSR count). The number of nitriles is 1. The summed E-state index contributed by atoms with van der Waals surface area (Å²) in [5.41, 5.74) is 1.78. The van der Waals surface area contributed by atoms with Crippen molar-refractivity contribution < 1.29 is 0 Å². The lowest BCUT2D eigenvalue weighted by atomic mass is 9.85. The van der Waals surface area contributed by atoms with Crippen LogP contribution in [0, 0.1) is 17.2 Å². The number of hydrogen-bond donors (Lipinski definition) is 0. The van der Waals surface area contributed by atoms with E-state index in [1.54, 1.807) is 0 Å². The van der Waals surface area contributed by atoms with Gasteiger partial charge in [-0.05, 0) is 44.5 Å². The number of nitrogens with zero attached hydrogens (tertiary/aromatic N) is 4. The molecule has 1 fully saturated rings. The zero-order valence-electron chi connectivity index (χ0n) is 11.0. The Kier molecular flexibility index (Phi) is 2.88. The summed E-state index contributed by atoms with van der Waals surface area (Å²) in [7, 11) is 0. The standard InChI is InChI=1S/C14H15BrN4/c1-10-14(2)11(9-16)7-8-18(14)19(17-10)13-5-3-12(15)4-6-13/h3-6,11H,7-8H2,1-2H3/t11-,14+/m0/s1. The van der Waals surface area contributed by atoms with Crippen LogP contribution < -0.4 is 5.12 Å². The van der Waals surface area contributed by atoms with Gasteiger partial charge in [0.1, 0.15) is 0 Å². The topological polar surface area (TPSA) is 42.6 Å². The number of rotatable bonds is 1. The van der Waals surface area contributed by atoms with E-state index in [1.807, 2.05) is 36.3 Å². The third-order valence-corrected chi connectivity index (χ3v) is 4.79. The van der Waals surface area contributed by atoms with Gasteiger partial charge in [-0.3, -0.25) is 0 Å². The Morgan fingerprint density at radius 2 is 2.11 bits per heavy atom. The zero-order valence-corrected chi connectivity index (χ0v) is 12.6. The van der Waals surface area contributed by atoms with Crippen molar-refractivity contribution in [2.45, 2.75) is 25.8 Å². The molecule has 1 saturated heterocycles. The molecule has 0 bridgehead atoms. The van der Waals surface area contributed by atoms with Crippen molar-refractivity contribution in [1.29, 1.82) is 5.26 Å². The minimum atomic E-state index is -0.262. The van der Waals surface area contributed by atoms with Crippen LogP contribution >= 0.6 is 15.9 Å². The highest BCUT2D eigenvalue weighted by Gasteiger charge is 2.54. The van der Waals surface area contributed by atoms with Crippen LogP contribution in [0.25, 0.3) is 0 Å². The van der Waals surface area contributed by atoms with Crippen LogP contribution in [0.5, 0.6) is 0 Å². The maximum absolute atomic E-state index is 9.33. The maximum Gasteiger partial charge on any atom is 0.0948 e. The Labute approximate surface area is 121 Å². The van der Waals surface area contributed by atoms with Gasteiger partial charge in [0.25, 0.3) is 0 Å². The molecule has 2 heterocycles. The highest BCUT2D eigenvalue weighted by Crippen LogP contribution is 2.42. The second kappa shape index (κ2) is 4.32. The van der Waals surface area contributed by atoms with E-state index in [2.05, 4.69) is 39.0 Å². The van der Waals surface area contributed by atoms with E-state index >= 15 is 0 Å². The zero-order chi connectivity index (χ0) is 13.6. The van der Waals surface area contributed by atoms with Crippen LogP contribution in [0.15, 0.2) is 33.8 Å². The molecule has 1 aromatic carbocycles. The van der Waals surface area contributed by atoms with E-state index in [9.17, 15) is 5.26 Å². The number of benzene rings is 1. The van der Waals surface area contributed by atoms with Crippen LogP contribution in [0.4, 0.5) is 5.69 Å². The number of fused-ring (bicyclic) bond motifs is 1. The van der Waals surface area contributed by atoms with E-state index in [0.717, 1.165) is 28.8 Å². The average molecular weight is 319 g/mol. The summed E-state index contributed by atoms with van der Waals surface area (Å²) in [5.74, 6) is 0.0108. The van der Waals surface area contributed by atoms with E-state index < -0.39 is 0 Å². The SMILES string of the molecule is CC1=NN(c2ccc(Br)cc2)N2CC[C@@H](C#N)[C@@]12C. The lowest BCUT2D eigenvalue weighted by Crippen LogP contribution is -2.50. The summed E-state index contributed by atoms with van der Waals surface area (Å²) in [5, 5.41) is 18.1. The number of hydrazone groups is 1. The maximum atomic E-state index is 9.33. The highest BCUT2D eigenvalue weighted by molar-refractivity contribution is 9.10. The fourth-order valence-corrected chi connectivity index (χ4v) is 3.20. The van der Waals surface area contributed by atoms with Gasteiger partial charge in [-0.25, -0.2) is 0 Å². The van der Waals surface area contributed by atoms with Gasteiger partial charge in [0.05, 0.1) is 28.9 Å². The Balaban J connectivity index is 1.99. The molecule has 1 aromatic rings. The molecule has 0 amide bonds. The lowest BCUT2D eigenvalue weighted by molar-refractivity contribution is 0.210. The van der Waals surface area contributed by atoms with Gasteiger partial charge in [0, 0.05) is 11.0 Å². The first-order chi connectivity index (χ1) is 9.07. The minimum Gasteiger partial charge on any atom is -0.198 e. The second-order valence-corrected chi connectivity index (χ2v) is 6.11. The summed E-state index contributed by atoms with van der Waals surface area (Å²) in [6.07, 6.45) is 0.896. The predicted molar refractivity (Wildman–Crippen MR) is 78.6 cm³/mol. The van der Waals surface area contributed by atoms with Gasteiger partial charge in [-0.1, -0.05) is 15.9 Å². The molecule has 0 spiro atoms. The lowest BCUT2D eigenvalue weighted by Gasteiger charge is -2.34. The molecule has 2 aliphatic heterocycles. The number of anilines is 1. The molecule has 0 aliphatic carbocycles. The molecule has 2 aliphatic rings. The molecular formula is C14H15BrN4. The van der Waals surface area contributed by atoms with Crippen LogP contribution in [0.2, 0.25) is 0 Å². The summed E-state index contributed by atoms with van der Waals surface area (Å²) in [4.78, 5) is 0. The van der Waals surface area contributed by atoms with Gasteiger partial charge in [0.2, 0.25) is 0 Å². The van der Waals surface area contributed by atoms with Crippen LogP contribution in [-0.2, 0) is 0 Å². The molecule has 2 atom stereocenters. The first kappa shape index (κ1) is 12.6. The monoisotopic (exact) mass is 318 g/mol. The van der Waals surface area contributed by atoms with E-state index in [0.29, 0.717) is 0 Å². The third kappa shape index (κ3) is 1.71. The summed E-state index contributed by atoms with van der Waals surface area (Å²) >= 11 is 3.44. The third-order valence-electron chi connectivity index (χ3n) is 4.26. The molecule has 0 N–H and O–H groups in total. The molecule has 5 heteroatoms. The van der Waals surface area contributed by atoms with Crippen molar-refractivity contribution in [2.75, 3.05) is 11.7 Å². The quantitative estimate of drug-likeness (QED) is 0.798. The van der Waals surface area contributed by atoms with Gasteiger partial charge in [-0.2, -0.15) is 20.5 Å². The number of hydrazine groups is 1. The van der Waals surface area contributed by atoms with Crippen molar-refractivity contribution in [3.05, 3.63) is 28.7 Å². The van der Waals surface area contributed by atoms with Crippen molar-refractivity contribution in [1.82, 2.24) is 5.01 Å². The smallest absolute Gasteiger partial charge is 0.0948 e. The molecule has 0 radical (unpaired) electrons. The van der Waals surface area contributed by atoms with Gasteiger partial charge in [-0.15, -0.1) is 0 Å². The molecule has 98 valence electrons. The average Bonchev–Trinajstić information content (AvgIpc) is 2.86. The fourth-order valence-electron chi connectivity index (χ4n) is 2.93. The molecule has 0 saturated carbocycles. The predicted octanol–water partition coefficient (Wildman–Crippen LogP) is 3.16. The van der Waals surface area contributed by atoms with Crippen LogP contribution in [0.1, 0.15) is 20.3 Å². The molecule has 19 heavy (non-hydrogen) atoms. The largest absolute Gasteiger partial charge is 0.198 e. The fraction of sp³-hybridized carbons (Fsp3) is 0.429. The first-order valence-corrected chi connectivity index (χ1v) is 7.15. The second-order valence-electron chi connectivity index (χ2n) is 5.19. The molecule has 0 aromatic heterocycles. The summed E-state index contributed by atoms with van der Waals surface area (Å²) < 4.78 is 1.05. The molecule has 4 nitrogen and oxygen atoms in total. The van der Waals surface area contributed by atoms with Gasteiger partial charge >= 0.3 is 0 Å². The summed E-state index contributed by atoms with van der Waals surface area (Å²) in [6.45, 7) is 5.00. The number of hydrogen-bond acceptors (Lipinski definition) is 4. The Morgan fingerprint density at radius 1 is 1.42 bits per heavy atom. The van der Waals surface area contributed by atoms with Crippen molar-refractivity contribution >= 4 is 27.3 Å². The van der Waals surface area contributed by atoms with E-state index in [4.69, 9.17) is 0 Å². The Hall–Kier alpha value is -1.38. The van der Waals surface area contributed by atoms with Crippen molar-refractivity contribution in [3.63, 3.8) is 0 Å². The Morgan fingerprint density at radius 3 is 2.74 bits per heavy atom. The summed E-state index contributed by atoms with van der Waals surface area (Å²) in [6, 6.07) is 10.5. The van der Waals surface area contributed by atoms with Crippen LogP contribution in [-0.4, -0.2) is 22.8 Å². The molecule has 0 unspecified atom stereocenters. The van der Waals surface area contributed by atoms with E-state index in [-0.39, 0.29) is 11.5 Å². The van der Waals surface area contributed by atoms with Crippen molar-refractivity contribution in [2.24, 2.45) is 11.0 Å². The van der Waals surface area contributed by atoms with Crippen molar-refractivity contribution in [3.8, 4) is 6.07 Å². The first-order valence-electron chi connectivity index (χ1n) is 6.36. The normalized spacial score (nSPS) is 30.1. The molecular weight excluding hydrogens is 304 g/mol. The van der Waals surface area contributed by atoms with Gasteiger partial charge < -0.3 is 0 Å². The van der Waals surface area contributed by atoms with E-state index in [1.165, 1.54) is 0 Å². The Bertz CT molecular complexity index is 574.